The minimum Gasteiger partial charge on any atom is -0.489 e. The highest BCUT2D eigenvalue weighted by atomic mass is 32.1. The molecule has 1 heterocycles. The lowest BCUT2D eigenvalue weighted by Crippen LogP contribution is -2.38. The zero-order valence-electron chi connectivity index (χ0n) is 16.4. The molecule has 0 saturated carbocycles. The van der Waals surface area contributed by atoms with Crippen molar-refractivity contribution in [1.82, 2.24) is 4.90 Å². The van der Waals surface area contributed by atoms with Crippen LogP contribution in [-0.4, -0.2) is 35.6 Å². The Kier molecular flexibility index (Phi) is 6.25. The van der Waals surface area contributed by atoms with Crippen LogP contribution in [0.1, 0.15) is 5.56 Å². The molecule has 0 unspecified atom stereocenters. The number of thiocarbonyl (C=S) groups is 1. The van der Waals surface area contributed by atoms with Crippen LogP contribution in [0.2, 0.25) is 0 Å². The zero-order chi connectivity index (χ0) is 20.8. The van der Waals surface area contributed by atoms with Crippen molar-refractivity contribution in [2.24, 2.45) is 0 Å². The monoisotopic (exact) mass is 418 g/mol. The lowest BCUT2D eigenvalue weighted by molar-refractivity contribution is -0.128. The number of nitrogens with zero attached hydrogens (tertiary/aromatic N) is 2. The molecule has 1 saturated heterocycles. The van der Waals surface area contributed by atoms with Crippen molar-refractivity contribution < 1.29 is 14.3 Å². The van der Waals surface area contributed by atoms with Gasteiger partial charge in [-0.1, -0.05) is 54.6 Å². The Bertz CT molecular complexity index is 1010. The van der Waals surface area contributed by atoms with E-state index in [9.17, 15) is 4.79 Å². The van der Waals surface area contributed by atoms with Crippen LogP contribution in [0.4, 0.5) is 5.69 Å². The van der Waals surface area contributed by atoms with E-state index in [0.717, 1.165) is 17.0 Å². The second-order valence-electron chi connectivity index (χ2n) is 6.85. The van der Waals surface area contributed by atoms with Gasteiger partial charge in [-0.25, -0.2) is 0 Å². The molecule has 30 heavy (non-hydrogen) atoms. The standard InChI is InChI=1S/C24H22N2O3S/c27-23(18-29-21-11-5-2-6-12-21)26-15-14-25(24(26)30)20-10-7-13-22(16-20)28-17-19-8-3-1-4-9-19/h1-13,16H,14-15,17-18H2. The maximum absolute atomic E-state index is 12.6. The Hall–Kier alpha value is -3.38. The third-order valence-electron chi connectivity index (χ3n) is 4.79. The Labute approximate surface area is 181 Å². The predicted molar refractivity (Wildman–Crippen MR) is 121 cm³/mol. The molecule has 3 aromatic carbocycles. The molecule has 1 aliphatic rings. The number of para-hydroxylation sites is 1. The van der Waals surface area contributed by atoms with E-state index in [2.05, 4.69) is 0 Å². The number of hydrogen-bond acceptors (Lipinski definition) is 4. The van der Waals surface area contributed by atoms with Gasteiger partial charge in [-0.2, -0.15) is 0 Å². The molecule has 0 spiro atoms. The predicted octanol–water partition coefficient (Wildman–Crippen LogP) is 4.28. The van der Waals surface area contributed by atoms with Crippen LogP contribution in [-0.2, 0) is 11.4 Å². The molecule has 152 valence electrons. The molecule has 0 atom stereocenters. The normalized spacial score (nSPS) is 13.4. The number of benzene rings is 3. The summed E-state index contributed by atoms with van der Waals surface area (Å²) < 4.78 is 11.5. The van der Waals surface area contributed by atoms with E-state index >= 15 is 0 Å². The van der Waals surface area contributed by atoms with Crippen molar-refractivity contribution >= 4 is 28.9 Å². The van der Waals surface area contributed by atoms with Crippen LogP contribution in [0, 0.1) is 0 Å². The highest BCUT2D eigenvalue weighted by molar-refractivity contribution is 7.80. The summed E-state index contributed by atoms with van der Waals surface area (Å²) in [5.41, 5.74) is 2.01. The van der Waals surface area contributed by atoms with Gasteiger partial charge in [0.2, 0.25) is 0 Å². The lowest BCUT2D eigenvalue weighted by atomic mass is 10.2. The second-order valence-corrected chi connectivity index (χ2v) is 7.22. The summed E-state index contributed by atoms with van der Waals surface area (Å²) >= 11 is 5.57. The van der Waals surface area contributed by atoms with Crippen LogP contribution in [0.15, 0.2) is 84.9 Å². The molecule has 6 heteroatoms. The van der Waals surface area contributed by atoms with Gasteiger partial charge < -0.3 is 14.4 Å². The van der Waals surface area contributed by atoms with E-state index in [-0.39, 0.29) is 12.5 Å². The first kappa shape index (κ1) is 19.9. The van der Waals surface area contributed by atoms with E-state index in [0.29, 0.717) is 30.6 Å². The maximum Gasteiger partial charge on any atom is 0.266 e. The Balaban J connectivity index is 1.36. The summed E-state index contributed by atoms with van der Waals surface area (Å²) in [5, 5.41) is 0.483. The van der Waals surface area contributed by atoms with Gasteiger partial charge in [0.1, 0.15) is 18.1 Å². The molecule has 1 aliphatic heterocycles. The van der Waals surface area contributed by atoms with E-state index in [1.54, 1.807) is 4.90 Å². The molecule has 0 radical (unpaired) electrons. The van der Waals surface area contributed by atoms with Gasteiger partial charge >= 0.3 is 0 Å². The first-order chi connectivity index (χ1) is 14.7. The fourth-order valence-electron chi connectivity index (χ4n) is 3.23. The molecule has 0 aromatic heterocycles. The number of anilines is 1. The van der Waals surface area contributed by atoms with E-state index < -0.39 is 0 Å². The number of hydrogen-bond donors (Lipinski definition) is 0. The van der Waals surface area contributed by atoms with Gasteiger partial charge in [-0.15, -0.1) is 0 Å². The van der Waals surface area contributed by atoms with E-state index in [1.807, 2.05) is 89.8 Å². The molecule has 5 nitrogen and oxygen atoms in total. The number of ether oxygens (including phenoxy) is 2. The lowest BCUT2D eigenvalue weighted by Gasteiger charge is -2.21. The first-order valence-electron chi connectivity index (χ1n) is 9.77. The molecule has 3 aromatic rings. The maximum atomic E-state index is 12.6. The third kappa shape index (κ3) is 4.78. The summed E-state index contributed by atoms with van der Waals surface area (Å²) in [6, 6.07) is 27.1. The highest BCUT2D eigenvalue weighted by Crippen LogP contribution is 2.25. The summed E-state index contributed by atoms with van der Waals surface area (Å²) in [4.78, 5) is 16.1. The minimum atomic E-state index is -0.150. The molecule has 1 fully saturated rings. The van der Waals surface area contributed by atoms with E-state index in [1.165, 1.54) is 0 Å². The Morgan fingerprint density at radius 3 is 2.30 bits per heavy atom. The number of carbonyl (C=O) groups is 1. The van der Waals surface area contributed by atoms with Crippen LogP contribution < -0.4 is 14.4 Å². The van der Waals surface area contributed by atoms with Crippen molar-refractivity contribution in [3.63, 3.8) is 0 Å². The minimum absolute atomic E-state index is 0.0434. The van der Waals surface area contributed by atoms with E-state index in [4.69, 9.17) is 21.7 Å². The number of amides is 1. The topological polar surface area (TPSA) is 42.0 Å². The van der Waals surface area contributed by atoms with Crippen LogP contribution in [0.25, 0.3) is 0 Å². The quantitative estimate of drug-likeness (QED) is 0.536. The third-order valence-corrected chi connectivity index (χ3v) is 5.23. The molecule has 0 aliphatic carbocycles. The Morgan fingerprint density at radius 2 is 1.53 bits per heavy atom. The fraction of sp³-hybridized carbons (Fsp3) is 0.167. The summed E-state index contributed by atoms with van der Waals surface area (Å²) in [7, 11) is 0. The molecule has 0 bridgehead atoms. The summed E-state index contributed by atoms with van der Waals surface area (Å²) in [6.07, 6.45) is 0. The fourth-order valence-corrected chi connectivity index (χ4v) is 3.62. The highest BCUT2D eigenvalue weighted by Gasteiger charge is 2.31. The van der Waals surface area contributed by atoms with Gasteiger partial charge in [-0.05, 0) is 42.0 Å². The summed E-state index contributed by atoms with van der Waals surface area (Å²) in [6.45, 7) is 1.62. The zero-order valence-corrected chi connectivity index (χ0v) is 17.3. The summed E-state index contributed by atoms with van der Waals surface area (Å²) in [5.74, 6) is 1.27. The number of rotatable bonds is 7. The van der Waals surface area contributed by atoms with Crippen LogP contribution in [0.3, 0.4) is 0 Å². The van der Waals surface area contributed by atoms with Gasteiger partial charge in [0.15, 0.2) is 11.7 Å². The Morgan fingerprint density at radius 1 is 0.833 bits per heavy atom. The van der Waals surface area contributed by atoms with Gasteiger partial charge in [0.25, 0.3) is 5.91 Å². The van der Waals surface area contributed by atoms with Crippen molar-refractivity contribution in [1.29, 1.82) is 0 Å². The van der Waals surface area contributed by atoms with Gasteiger partial charge in [0, 0.05) is 24.8 Å². The van der Waals surface area contributed by atoms with Gasteiger partial charge in [-0.3, -0.25) is 9.69 Å². The van der Waals surface area contributed by atoms with Crippen molar-refractivity contribution in [3.8, 4) is 11.5 Å². The molecule has 1 amide bonds. The molecule has 4 rings (SSSR count). The smallest absolute Gasteiger partial charge is 0.266 e. The van der Waals surface area contributed by atoms with Gasteiger partial charge in [0.05, 0.1) is 0 Å². The number of carbonyl (C=O) groups excluding carboxylic acids is 1. The first-order valence-corrected chi connectivity index (χ1v) is 10.2. The average Bonchev–Trinajstić information content (AvgIpc) is 3.19. The molecular weight excluding hydrogens is 396 g/mol. The van der Waals surface area contributed by atoms with Crippen molar-refractivity contribution in [2.45, 2.75) is 6.61 Å². The van der Waals surface area contributed by atoms with Crippen molar-refractivity contribution in [2.75, 3.05) is 24.6 Å². The average molecular weight is 419 g/mol. The van der Waals surface area contributed by atoms with Crippen LogP contribution >= 0.6 is 12.2 Å². The SMILES string of the molecule is O=C(COc1ccccc1)N1CCN(c2cccc(OCc3ccccc3)c2)C1=S. The second kappa shape index (κ2) is 9.41. The molecule has 0 N–H and O–H groups in total. The molecular formula is C24H22N2O3S. The van der Waals surface area contributed by atoms with Crippen LogP contribution in [0.5, 0.6) is 11.5 Å². The van der Waals surface area contributed by atoms with Crippen molar-refractivity contribution in [3.05, 3.63) is 90.5 Å². The largest absolute Gasteiger partial charge is 0.489 e.